The van der Waals surface area contributed by atoms with Crippen LogP contribution in [0.5, 0.6) is 0 Å². The van der Waals surface area contributed by atoms with Crippen molar-refractivity contribution >= 4 is 45.0 Å². The molecule has 0 N–H and O–H groups in total. The number of nitriles is 1. The smallest absolute Gasteiger partial charge is 0.117 e. The summed E-state index contributed by atoms with van der Waals surface area (Å²) >= 11 is 3.16. The van der Waals surface area contributed by atoms with Gasteiger partial charge in [-0.25, -0.2) is 4.98 Å². The van der Waals surface area contributed by atoms with Gasteiger partial charge in [-0.15, -0.1) is 22.7 Å². The quantitative estimate of drug-likeness (QED) is 0.690. The molecule has 0 aliphatic heterocycles. The van der Waals surface area contributed by atoms with E-state index in [4.69, 9.17) is 5.26 Å². The monoisotopic (exact) mass is 268 g/mol. The fourth-order valence-electron chi connectivity index (χ4n) is 1.62. The Labute approximate surface area is 112 Å². The van der Waals surface area contributed by atoms with E-state index in [1.165, 1.54) is 16.0 Å². The van der Waals surface area contributed by atoms with Gasteiger partial charge in [-0.2, -0.15) is 5.26 Å². The molecular weight excluding hydrogens is 260 g/mol. The summed E-state index contributed by atoms with van der Waals surface area (Å²) < 4.78 is 1.20. The van der Waals surface area contributed by atoms with Crippen LogP contribution in [0.25, 0.3) is 22.4 Å². The number of thiazole rings is 1. The lowest BCUT2D eigenvalue weighted by Crippen LogP contribution is -1.67. The molecule has 0 bridgehead atoms. The molecule has 0 fully saturated rings. The number of fused-ring (bicyclic) bond motifs is 1. The Morgan fingerprint density at radius 1 is 1.06 bits per heavy atom. The number of nitrogens with zero attached hydrogens (tertiary/aromatic N) is 2. The van der Waals surface area contributed by atoms with Gasteiger partial charge in [-0.3, -0.25) is 0 Å². The highest BCUT2D eigenvalue weighted by atomic mass is 32.1. The maximum atomic E-state index is 8.76. The Hall–Kier alpha value is -1.96. The molecule has 0 saturated heterocycles. The van der Waals surface area contributed by atoms with Crippen molar-refractivity contribution < 1.29 is 0 Å². The minimum Gasteiger partial charge on any atom is -0.237 e. The van der Waals surface area contributed by atoms with Crippen LogP contribution in [0.4, 0.5) is 0 Å². The maximum Gasteiger partial charge on any atom is 0.117 e. The fraction of sp³-hybridized carbons (Fsp3) is 0. The van der Waals surface area contributed by atoms with Gasteiger partial charge in [0.15, 0.2) is 0 Å². The Balaban J connectivity index is 1.89. The van der Waals surface area contributed by atoms with Gasteiger partial charge < -0.3 is 0 Å². The van der Waals surface area contributed by atoms with E-state index in [-0.39, 0.29) is 0 Å². The van der Waals surface area contributed by atoms with E-state index in [0.717, 1.165) is 20.3 Å². The molecule has 0 saturated carbocycles. The van der Waals surface area contributed by atoms with Crippen molar-refractivity contribution in [3.8, 4) is 6.07 Å². The van der Waals surface area contributed by atoms with Crippen LogP contribution in [0.15, 0.2) is 36.4 Å². The predicted molar refractivity (Wildman–Crippen MR) is 77.6 cm³/mol. The molecule has 3 rings (SSSR count). The first kappa shape index (κ1) is 11.1. The zero-order chi connectivity index (χ0) is 12.4. The molecule has 0 aliphatic carbocycles. The van der Waals surface area contributed by atoms with Gasteiger partial charge in [0.25, 0.3) is 0 Å². The number of hydrogen-bond donors (Lipinski definition) is 0. The van der Waals surface area contributed by atoms with Gasteiger partial charge in [0, 0.05) is 4.88 Å². The van der Waals surface area contributed by atoms with Crippen LogP contribution >= 0.6 is 22.7 Å². The first-order valence-electron chi connectivity index (χ1n) is 5.39. The minimum absolute atomic E-state index is 0.735. The topological polar surface area (TPSA) is 36.7 Å². The first-order chi connectivity index (χ1) is 8.85. The van der Waals surface area contributed by atoms with E-state index in [1.807, 2.05) is 42.5 Å². The third-order valence-corrected chi connectivity index (χ3v) is 4.39. The van der Waals surface area contributed by atoms with Crippen LogP contribution in [0.3, 0.4) is 0 Å². The average Bonchev–Trinajstić information content (AvgIpc) is 3.02. The molecule has 0 amide bonds. The molecule has 0 aliphatic rings. The Morgan fingerprint density at radius 2 is 1.94 bits per heavy atom. The zero-order valence-electron chi connectivity index (χ0n) is 9.33. The minimum atomic E-state index is 0.735. The summed E-state index contributed by atoms with van der Waals surface area (Å²) in [6.07, 6.45) is 4.00. The van der Waals surface area contributed by atoms with Gasteiger partial charge in [0.1, 0.15) is 16.0 Å². The third-order valence-electron chi connectivity index (χ3n) is 2.44. The molecular formula is C14H8N2S2. The van der Waals surface area contributed by atoms with Crippen LogP contribution in [-0.4, -0.2) is 4.98 Å². The Morgan fingerprint density at radius 3 is 2.72 bits per heavy atom. The van der Waals surface area contributed by atoms with Crippen molar-refractivity contribution in [3.63, 3.8) is 0 Å². The van der Waals surface area contributed by atoms with E-state index in [2.05, 4.69) is 17.1 Å². The Kier molecular flexibility index (Phi) is 2.93. The van der Waals surface area contributed by atoms with Crippen LogP contribution in [-0.2, 0) is 0 Å². The summed E-state index contributed by atoms with van der Waals surface area (Å²) in [5, 5.41) is 9.75. The van der Waals surface area contributed by atoms with Gasteiger partial charge >= 0.3 is 0 Å². The number of para-hydroxylation sites is 1. The van der Waals surface area contributed by atoms with Gasteiger partial charge in [-0.1, -0.05) is 12.1 Å². The highest BCUT2D eigenvalue weighted by Crippen LogP contribution is 2.24. The summed E-state index contributed by atoms with van der Waals surface area (Å²) in [6, 6.07) is 14.0. The maximum absolute atomic E-state index is 8.76. The van der Waals surface area contributed by atoms with E-state index in [9.17, 15) is 0 Å². The fourth-order valence-corrected chi connectivity index (χ4v) is 3.20. The lowest BCUT2D eigenvalue weighted by molar-refractivity contribution is 1.47. The Bertz CT molecular complexity index is 726. The van der Waals surface area contributed by atoms with E-state index < -0.39 is 0 Å². The molecule has 0 atom stereocenters. The summed E-state index contributed by atoms with van der Waals surface area (Å²) in [6.45, 7) is 0. The molecule has 4 heteroatoms. The van der Waals surface area contributed by atoms with E-state index in [1.54, 1.807) is 11.3 Å². The number of hydrogen-bond acceptors (Lipinski definition) is 4. The van der Waals surface area contributed by atoms with Crippen LogP contribution in [0.1, 0.15) is 14.8 Å². The van der Waals surface area contributed by atoms with Crippen LogP contribution < -0.4 is 0 Å². The molecule has 18 heavy (non-hydrogen) atoms. The van der Waals surface area contributed by atoms with Crippen molar-refractivity contribution in [3.05, 3.63) is 51.2 Å². The van der Waals surface area contributed by atoms with E-state index >= 15 is 0 Å². The molecule has 86 valence electrons. The summed E-state index contributed by atoms with van der Waals surface area (Å²) in [5.41, 5.74) is 1.03. The highest BCUT2D eigenvalue weighted by Gasteiger charge is 2.00. The van der Waals surface area contributed by atoms with Crippen molar-refractivity contribution in [1.82, 2.24) is 4.98 Å². The van der Waals surface area contributed by atoms with Gasteiger partial charge in [-0.05, 0) is 36.4 Å². The molecule has 2 heterocycles. The van der Waals surface area contributed by atoms with Gasteiger partial charge in [0.05, 0.1) is 10.2 Å². The number of aromatic nitrogens is 1. The second-order valence-corrected chi connectivity index (χ2v) is 5.84. The molecule has 0 spiro atoms. The second kappa shape index (κ2) is 4.73. The average molecular weight is 268 g/mol. The normalized spacial score (nSPS) is 11.1. The molecule has 2 aromatic heterocycles. The second-order valence-electron chi connectivity index (χ2n) is 3.67. The van der Waals surface area contributed by atoms with Crippen LogP contribution in [0, 0.1) is 11.3 Å². The zero-order valence-corrected chi connectivity index (χ0v) is 11.0. The lowest BCUT2D eigenvalue weighted by atomic mass is 10.3. The standard InChI is InChI=1S/C14H8N2S2/c15-9-11-6-5-10(17-11)7-8-14-16-12-3-1-2-4-13(12)18-14/h1-8H/b8-7+. The lowest BCUT2D eigenvalue weighted by Gasteiger charge is -1.82. The van der Waals surface area contributed by atoms with Crippen molar-refractivity contribution in [1.29, 1.82) is 5.26 Å². The molecule has 0 radical (unpaired) electrons. The molecule has 1 aromatic carbocycles. The summed E-state index contributed by atoms with van der Waals surface area (Å²) in [5.74, 6) is 0. The molecule has 0 unspecified atom stereocenters. The van der Waals surface area contributed by atoms with Crippen molar-refractivity contribution in [2.45, 2.75) is 0 Å². The molecule has 2 nitrogen and oxygen atoms in total. The first-order valence-corrected chi connectivity index (χ1v) is 7.02. The number of thiophene rings is 1. The summed E-state index contributed by atoms with van der Waals surface area (Å²) in [7, 11) is 0. The van der Waals surface area contributed by atoms with Gasteiger partial charge in [0.2, 0.25) is 0 Å². The molecule has 3 aromatic rings. The highest BCUT2D eigenvalue weighted by molar-refractivity contribution is 7.19. The third kappa shape index (κ3) is 2.19. The SMILES string of the molecule is N#Cc1ccc(/C=C/c2nc3ccccc3s2)s1. The summed E-state index contributed by atoms with van der Waals surface area (Å²) in [4.78, 5) is 6.34. The largest absolute Gasteiger partial charge is 0.237 e. The number of benzene rings is 1. The van der Waals surface area contributed by atoms with E-state index in [0.29, 0.717) is 0 Å². The number of rotatable bonds is 2. The van der Waals surface area contributed by atoms with Crippen LogP contribution in [0.2, 0.25) is 0 Å². The predicted octanol–water partition coefficient (Wildman–Crippen LogP) is 4.40. The van der Waals surface area contributed by atoms with Crippen molar-refractivity contribution in [2.24, 2.45) is 0 Å². The van der Waals surface area contributed by atoms with Crippen molar-refractivity contribution in [2.75, 3.05) is 0 Å².